The monoisotopic (exact) mass is 566 g/mol. The van der Waals surface area contributed by atoms with Gasteiger partial charge < -0.3 is 20.6 Å². The zero-order valence-corrected chi connectivity index (χ0v) is 21.8. The molecule has 6 nitrogen and oxygen atoms in total. The highest BCUT2D eigenvalue weighted by molar-refractivity contribution is 14.0. The molecule has 0 fully saturated rings. The van der Waals surface area contributed by atoms with Crippen LogP contribution in [0, 0.1) is 0 Å². The van der Waals surface area contributed by atoms with E-state index in [1.54, 1.807) is 23.3 Å². The molecule has 1 unspecified atom stereocenters. The SMILES string of the molecule is CCN(CC)C(=O)c1ccc(CNC(=NC)NCC(O)c2cc3ccccc3s2)cc1.I. The normalized spacial score (nSPS) is 12.2. The molecule has 8 heteroatoms. The van der Waals surface area contributed by atoms with Gasteiger partial charge in [0.05, 0.1) is 0 Å². The molecule has 0 spiro atoms. The number of aliphatic hydroxyl groups is 1. The van der Waals surface area contributed by atoms with Crippen LogP contribution in [-0.2, 0) is 6.54 Å². The quantitative estimate of drug-likeness (QED) is 0.215. The van der Waals surface area contributed by atoms with Crippen LogP contribution >= 0.6 is 35.3 Å². The van der Waals surface area contributed by atoms with E-state index in [1.807, 2.05) is 56.3 Å². The molecule has 1 heterocycles. The number of guanidine groups is 1. The summed E-state index contributed by atoms with van der Waals surface area (Å²) < 4.78 is 1.17. The average molecular weight is 567 g/mol. The van der Waals surface area contributed by atoms with Gasteiger partial charge in [0.15, 0.2) is 5.96 Å². The second-order valence-corrected chi connectivity index (χ2v) is 8.30. The summed E-state index contributed by atoms with van der Waals surface area (Å²) in [6.07, 6.45) is -0.610. The first-order valence-electron chi connectivity index (χ1n) is 10.5. The highest BCUT2D eigenvalue weighted by atomic mass is 127. The van der Waals surface area contributed by atoms with Crippen molar-refractivity contribution in [3.05, 3.63) is 70.6 Å². The van der Waals surface area contributed by atoms with E-state index in [0.29, 0.717) is 37.7 Å². The Kier molecular flexibility index (Phi) is 10.4. The van der Waals surface area contributed by atoms with Crippen LogP contribution in [0.4, 0.5) is 0 Å². The fourth-order valence-corrected chi connectivity index (χ4v) is 4.38. The molecular formula is C24H31IN4O2S. The average Bonchev–Trinajstić information content (AvgIpc) is 3.24. The Balaban J connectivity index is 0.00000363. The molecule has 3 N–H and O–H groups in total. The number of amides is 1. The summed E-state index contributed by atoms with van der Waals surface area (Å²) in [6, 6.07) is 17.8. The number of hydrogen-bond donors (Lipinski definition) is 3. The summed E-state index contributed by atoms with van der Waals surface area (Å²) in [7, 11) is 1.70. The predicted octanol–water partition coefficient (Wildman–Crippen LogP) is 4.40. The molecule has 32 heavy (non-hydrogen) atoms. The van der Waals surface area contributed by atoms with E-state index < -0.39 is 6.10 Å². The molecule has 0 aliphatic carbocycles. The number of halogens is 1. The highest BCUT2D eigenvalue weighted by Gasteiger charge is 2.13. The third-order valence-corrected chi connectivity index (χ3v) is 6.39. The fourth-order valence-electron chi connectivity index (χ4n) is 3.33. The van der Waals surface area contributed by atoms with E-state index in [1.165, 1.54) is 4.70 Å². The van der Waals surface area contributed by atoms with Gasteiger partial charge in [-0.1, -0.05) is 30.3 Å². The van der Waals surface area contributed by atoms with Gasteiger partial charge in [0.2, 0.25) is 0 Å². The number of nitrogens with one attached hydrogen (secondary N) is 2. The molecule has 0 bridgehead atoms. The molecule has 0 saturated carbocycles. The second-order valence-electron chi connectivity index (χ2n) is 7.18. The van der Waals surface area contributed by atoms with Crippen molar-refractivity contribution in [2.24, 2.45) is 4.99 Å². The molecule has 172 valence electrons. The van der Waals surface area contributed by atoms with Gasteiger partial charge in [-0.25, -0.2) is 0 Å². The van der Waals surface area contributed by atoms with Crippen LogP contribution in [0.1, 0.15) is 40.8 Å². The lowest BCUT2D eigenvalue weighted by Gasteiger charge is -2.18. The molecule has 0 aliphatic heterocycles. The molecule has 0 radical (unpaired) electrons. The molecule has 0 aliphatic rings. The number of aliphatic imine (C=N–C) groups is 1. The van der Waals surface area contributed by atoms with Crippen molar-refractivity contribution in [3.8, 4) is 0 Å². The smallest absolute Gasteiger partial charge is 0.253 e. The molecule has 0 saturated heterocycles. The Bertz CT molecular complexity index is 999. The topological polar surface area (TPSA) is 77.0 Å². The van der Waals surface area contributed by atoms with Crippen LogP contribution in [-0.4, -0.2) is 48.6 Å². The van der Waals surface area contributed by atoms with Gasteiger partial charge in [-0.15, -0.1) is 35.3 Å². The first-order chi connectivity index (χ1) is 15.0. The minimum absolute atomic E-state index is 0. The maximum atomic E-state index is 12.4. The van der Waals surface area contributed by atoms with Gasteiger partial charge in [0.25, 0.3) is 5.91 Å². The lowest BCUT2D eigenvalue weighted by Crippen LogP contribution is -2.38. The molecule has 3 rings (SSSR count). The molecule has 3 aromatic rings. The first-order valence-corrected chi connectivity index (χ1v) is 11.4. The summed E-state index contributed by atoms with van der Waals surface area (Å²) >= 11 is 1.60. The molecule has 2 aromatic carbocycles. The van der Waals surface area contributed by atoms with Crippen molar-refractivity contribution in [2.75, 3.05) is 26.7 Å². The number of thiophene rings is 1. The van der Waals surface area contributed by atoms with Crippen molar-refractivity contribution in [3.63, 3.8) is 0 Å². The van der Waals surface area contributed by atoms with E-state index in [2.05, 4.69) is 27.8 Å². The second kappa shape index (κ2) is 12.8. The number of carbonyl (C=O) groups excluding carboxylic acids is 1. The van der Waals surface area contributed by atoms with Crippen molar-refractivity contribution < 1.29 is 9.90 Å². The van der Waals surface area contributed by atoms with Gasteiger partial charge >= 0.3 is 0 Å². The van der Waals surface area contributed by atoms with Gasteiger partial charge in [-0.3, -0.25) is 9.79 Å². The zero-order valence-electron chi connectivity index (χ0n) is 18.7. The van der Waals surface area contributed by atoms with Crippen molar-refractivity contribution >= 4 is 57.3 Å². The number of aliphatic hydroxyl groups excluding tert-OH is 1. The Morgan fingerprint density at radius 3 is 2.41 bits per heavy atom. The van der Waals surface area contributed by atoms with E-state index in [9.17, 15) is 9.90 Å². The minimum Gasteiger partial charge on any atom is -0.386 e. The van der Waals surface area contributed by atoms with E-state index in [4.69, 9.17) is 0 Å². The van der Waals surface area contributed by atoms with Crippen LogP contribution in [0.25, 0.3) is 10.1 Å². The number of carbonyl (C=O) groups is 1. The number of rotatable bonds is 8. The van der Waals surface area contributed by atoms with Gasteiger partial charge in [0.1, 0.15) is 6.10 Å². The van der Waals surface area contributed by atoms with Gasteiger partial charge in [-0.05, 0) is 49.1 Å². The van der Waals surface area contributed by atoms with Crippen molar-refractivity contribution in [1.29, 1.82) is 0 Å². The summed E-state index contributed by atoms with van der Waals surface area (Å²) in [5.41, 5.74) is 1.74. The van der Waals surface area contributed by atoms with Crippen LogP contribution in [0.15, 0.2) is 59.6 Å². The van der Waals surface area contributed by atoms with E-state index >= 15 is 0 Å². The minimum atomic E-state index is -0.610. The molecular weight excluding hydrogens is 535 g/mol. The Morgan fingerprint density at radius 2 is 1.78 bits per heavy atom. The summed E-state index contributed by atoms with van der Waals surface area (Å²) in [4.78, 5) is 19.4. The number of benzene rings is 2. The standard InChI is InChI=1S/C24H30N4O2S.HI/c1-4-28(5-2)23(30)18-12-10-17(11-13-18)15-26-24(25-3)27-16-20(29)22-14-19-8-6-7-9-21(19)31-22;/h6-14,20,29H,4-5,15-16H2,1-3H3,(H2,25,26,27);1H. The number of hydrogen-bond acceptors (Lipinski definition) is 4. The fraction of sp³-hybridized carbons (Fsp3) is 0.333. The maximum absolute atomic E-state index is 12.4. The van der Waals surface area contributed by atoms with Crippen molar-refractivity contribution in [1.82, 2.24) is 15.5 Å². The van der Waals surface area contributed by atoms with Crippen molar-refractivity contribution in [2.45, 2.75) is 26.5 Å². The highest BCUT2D eigenvalue weighted by Crippen LogP contribution is 2.29. The largest absolute Gasteiger partial charge is 0.386 e. The Morgan fingerprint density at radius 1 is 1.09 bits per heavy atom. The van der Waals surface area contributed by atoms with Gasteiger partial charge in [0, 0.05) is 48.4 Å². The maximum Gasteiger partial charge on any atom is 0.253 e. The first kappa shape index (κ1) is 26.1. The molecule has 1 amide bonds. The Labute approximate surface area is 210 Å². The van der Waals surface area contributed by atoms with E-state index in [0.717, 1.165) is 15.8 Å². The third-order valence-electron chi connectivity index (χ3n) is 5.17. The van der Waals surface area contributed by atoms with Gasteiger partial charge in [-0.2, -0.15) is 0 Å². The Hall–Kier alpha value is -2.17. The number of fused-ring (bicyclic) bond motifs is 1. The van der Waals surface area contributed by atoms with E-state index in [-0.39, 0.29) is 29.9 Å². The summed E-state index contributed by atoms with van der Waals surface area (Å²) in [5, 5.41) is 18.1. The molecule has 1 aromatic heterocycles. The van der Waals surface area contributed by atoms with Crippen LogP contribution < -0.4 is 10.6 Å². The lowest BCUT2D eigenvalue weighted by molar-refractivity contribution is 0.0773. The summed E-state index contributed by atoms with van der Waals surface area (Å²) in [6.45, 7) is 6.30. The number of nitrogens with zero attached hydrogens (tertiary/aromatic N) is 2. The predicted molar refractivity (Wildman–Crippen MR) is 144 cm³/mol. The lowest BCUT2D eigenvalue weighted by atomic mass is 10.1. The van der Waals surface area contributed by atoms with Crippen LogP contribution in [0.3, 0.4) is 0 Å². The zero-order chi connectivity index (χ0) is 22.2. The summed E-state index contributed by atoms with van der Waals surface area (Å²) in [5.74, 6) is 0.667. The third kappa shape index (κ3) is 6.66. The van der Waals surface area contributed by atoms with Crippen LogP contribution in [0.2, 0.25) is 0 Å². The van der Waals surface area contributed by atoms with Crippen LogP contribution in [0.5, 0.6) is 0 Å². The molecule has 1 atom stereocenters.